The van der Waals surface area contributed by atoms with Crippen LogP contribution in [0, 0.1) is 0 Å². The summed E-state index contributed by atoms with van der Waals surface area (Å²) in [6.07, 6.45) is 0. The second kappa shape index (κ2) is 7.88. The van der Waals surface area contributed by atoms with Gasteiger partial charge in [-0.25, -0.2) is 4.79 Å². The summed E-state index contributed by atoms with van der Waals surface area (Å²) in [7, 11) is 0. The van der Waals surface area contributed by atoms with Gasteiger partial charge in [-0.05, 0) is 26.0 Å². The molecule has 0 saturated carbocycles. The fraction of sp³-hybridized carbons (Fsp3) is 0.385. The number of carbonyl (C=O) groups excluding carboxylic acids is 1. The Labute approximate surface area is 118 Å². The van der Waals surface area contributed by atoms with E-state index in [-0.39, 0.29) is 18.5 Å². The number of ether oxygens (including phenoxy) is 1. The molecule has 0 saturated heterocycles. The second-order valence-electron chi connectivity index (χ2n) is 3.98. The van der Waals surface area contributed by atoms with Crippen molar-refractivity contribution in [1.82, 2.24) is 4.90 Å². The molecule has 7 nitrogen and oxygen atoms in total. The van der Waals surface area contributed by atoms with E-state index in [4.69, 9.17) is 15.7 Å². The molecular formula is C13H20N4O3. The average molecular weight is 280 g/mol. The fourth-order valence-electron chi connectivity index (χ4n) is 1.58. The predicted molar refractivity (Wildman–Crippen MR) is 77.3 cm³/mol. The zero-order valence-electron chi connectivity index (χ0n) is 11.7. The molecule has 4 N–H and O–H groups in total. The number of amides is 2. The van der Waals surface area contributed by atoms with E-state index in [9.17, 15) is 4.79 Å². The highest BCUT2D eigenvalue weighted by atomic mass is 16.5. The fourth-order valence-corrected chi connectivity index (χ4v) is 1.58. The molecule has 0 aromatic heterocycles. The van der Waals surface area contributed by atoms with Gasteiger partial charge in [0.2, 0.25) is 0 Å². The van der Waals surface area contributed by atoms with E-state index >= 15 is 0 Å². The van der Waals surface area contributed by atoms with E-state index in [0.29, 0.717) is 24.5 Å². The van der Waals surface area contributed by atoms with Crippen molar-refractivity contribution in [1.29, 1.82) is 0 Å². The van der Waals surface area contributed by atoms with Crippen LogP contribution in [0.15, 0.2) is 29.4 Å². The van der Waals surface area contributed by atoms with Gasteiger partial charge in [-0.15, -0.1) is 0 Å². The van der Waals surface area contributed by atoms with Gasteiger partial charge in [-0.1, -0.05) is 17.3 Å². The molecule has 1 aromatic carbocycles. The van der Waals surface area contributed by atoms with Gasteiger partial charge in [0.25, 0.3) is 0 Å². The van der Waals surface area contributed by atoms with Crippen molar-refractivity contribution in [2.45, 2.75) is 13.8 Å². The van der Waals surface area contributed by atoms with E-state index in [1.165, 1.54) is 0 Å². The Morgan fingerprint density at radius 2 is 2.05 bits per heavy atom. The number of urea groups is 1. The molecule has 1 aromatic rings. The molecule has 2 amide bonds. The molecule has 0 aliphatic carbocycles. The lowest BCUT2D eigenvalue weighted by molar-refractivity contribution is 0.217. The molecule has 0 unspecified atom stereocenters. The zero-order chi connectivity index (χ0) is 15.0. The first-order valence-corrected chi connectivity index (χ1v) is 6.36. The Morgan fingerprint density at radius 1 is 1.40 bits per heavy atom. The minimum Gasteiger partial charge on any atom is -0.483 e. The maximum Gasteiger partial charge on any atom is 0.321 e. The Morgan fingerprint density at radius 3 is 2.65 bits per heavy atom. The summed E-state index contributed by atoms with van der Waals surface area (Å²) >= 11 is 0. The van der Waals surface area contributed by atoms with Crippen LogP contribution < -0.4 is 15.8 Å². The van der Waals surface area contributed by atoms with Crippen molar-refractivity contribution in [3.05, 3.63) is 24.3 Å². The molecule has 0 aliphatic heterocycles. The molecule has 0 heterocycles. The van der Waals surface area contributed by atoms with Crippen molar-refractivity contribution in [2.75, 3.05) is 25.0 Å². The first kappa shape index (κ1) is 15.6. The smallest absolute Gasteiger partial charge is 0.321 e. The van der Waals surface area contributed by atoms with Crippen LogP contribution >= 0.6 is 0 Å². The van der Waals surface area contributed by atoms with Crippen molar-refractivity contribution in [2.24, 2.45) is 10.9 Å². The molecule has 0 spiro atoms. The average Bonchev–Trinajstić information content (AvgIpc) is 2.47. The predicted octanol–water partition coefficient (Wildman–Crippen LogP) is 1.69. The van der Waals surface area contributed by atoms with E-state index in [0.717, 1.165) is 0 Å². The summed E-state index contributed by atoms with van der Waals surface area (Å²) in [4.78, 5) is 13.6. The van der Waals surface area contributed by atoms with E-state index < -0.39 is 0 Å². The van der Waals surface area contributed by atoms with Crippen LogP contribution in [0.25, 0.3) is 0 Å². The standard InChI is InChI=1S/C13H20N4O3/c1-3-17(4-2)13(18)15-10-7-5-6-8-11(10)20-9-12(14)16-19/h5-8,19H,3-4,9H2,1-2H3,(H2,14,16)(H,15,18). The van der Waals surface area contributed by atoms with E-state index in [1.807, 2.05) is 13.8 Å². The van der Waals surface area contributed by atoms with Crippen LogP contribution in [-0.4, -0.2) is 41.7 Å². The third kappa shape index (κ3) is 4.34. The van der Waals surface area contributed by atoms with Crippen LogP contribution in [0.2, 0.25) is 0 Å². The number of para-hydroxylation sites is 2. The number of hydrogen-bond donors (Lipinski definition) is 3. The summed E-state index contributed by atoms with van der Waals surface area (Å²) in [6.45, 7) is 4.99. The van der Waals surface area contributed by atoms with Crippen LogP contribution in [0.5, 0.6) is 5.75 Å². The van der Waals surface area contributed by atoms with Crippen LogP contribution in [0.3, 0.4) is 0 Å². The lowest BCUT2D eigenvalue weighted by Gasteiger charge is -2.20. The van der Waals surface area contributed by atoms with Crippen molar-refractivity contribution >= 4 is 17.6 Å². The molecule has 20 heavy (non-hydrogen) atoms. The SMILES string of the molecule is CCN(CC)C(=O)Nc1ccccc1OCC(N)=NO. The number of carbonyl (C=O) groups is 1. The number of hydrogen-bond acceptors (Lipinski definition) is 4. The van der Waals surface area contributed by atoms with Gasteiger partial charge >= 0.3 is 6.03 Å². The number of oxime groups is 1. The summed E-state index contributed by atoms with van der Waals surface area (Å²) in [6, 6.07) is 6.78. The molecule has 0 fully saturated rings. The molecule has 7 heteroatoms. The quantitative estimate of drug-likeness (QED) is 0.319. The molecule has 0 atom stereocenters. The van der Waals surface area contributed by atoms with Crippen LogP contribution in [0.4, 0.5) is 10.5 Å². The molecule has 0 bridgehead atoms. The molecule has 110 valence electrons. The number of anilines is 1. The first-order chi connectivity index (χ1) is 9.62. The first-order valence-electron chi connectivity index (χ1n) is 6.36. The Balaban J connectivity index is 2.77. The van der Waals surface area contributed by atoms with Crippen molar-refractivity contribution in [3.63, 3.8) is 0 Å². The topological polar surface area (TPSA) is 100 Å². The van der Waals surface area contributed by atoms with Gasteiger partial charge in [0, 0.05) is 13.1 Å². The van der Waals surface area contributed by atoms with Crippen LogP contribution in [0.1, 0.15) is 13.8 Å². The van der Waals surface area contributed by atoms with Crippen molar-refractivity contribution < 1.29 is 14.7 Å². The maximum absolute atomic E-state index is 12.0. The minimum absolute atomic E-state index is 0.0464. The summed E-state index contributed by atoms with van der Waals surface area (Å²) in [5.41, 5.74) is 5.88. The third-order valence-corrected chi connectivity index (χ3v) is 2.68. The Hall–Kier alpha value is -2.44. The Bertz CT molecular complexity index is 472. The number of rotatable bonds is 6. The molecule has 0 radical (unpaired) electrons. The number of benzene rings is 1. The highest BCUT2D eigenvalue weighted by molar-refractivity contribution is 5.91. The zero-order valence-corrected chi connectivity index (χ0v) is 11.7. The number of amidine groups is 1. The number of nitrogens with one attached hydrogen (secondary N) is 1. The lowest BCUT2D eigenvalue weighted by atomic mass is 10.3. The molecular weight excluding hydrogens is 260 g/mol. The molecule has 1 rings (SSSR count). The lowest BCUT2D eigenvalue weighted by Crippen LogP contribution is -2.34. The number of nitrogens with zero attached hydrogens (tertiary/aromatic N) is 2. The second-order valence-corrected chi connectivity index (χ2v) is 3.98. The maximum atomic E-state index is 12.0. The summed E-state index contributed by atoms with van der Waals surface area (Å²) < 4.78 is 5.39. The van der Waals surface area contributed by atoms with Gasteiger partial charge < -0.3 is 25.9 Å². The number of nitrogens with two attached hydrogens (primary N) is 1. The highest BCUT2D eigenvalue weighted by Gasteiger charge is 2.12. The van der Waals surface area contributed by atoms with Gasteiger partial charge in [-0.3, -0.25) is 0 Å². The third-order valence-electron chi connectivity index (χ3n) is 2.68. The van der Waals surface area contributed by atoms with Crippen LogP contribution in [-0.2, 0) is 0 Å². The van der Waals surface area contributed by atoms with Gasteiger partial charge in [0.15, 0.2) is 5.84 Å². The monoisotopic (exact) mass is 280 g/mol. The molecule has 0 aliphatic rings. The van der Waals surface area contributed by atoms with E-state index in [2.05, 4.69) is 10.5 Å². The summed E-state index contributed by atoms with van der Waals surface area (Å²) in [5, 5.41) is 14.1. The van der Waals surface area contributed by atoms with Crippen molar-refractivity contribution in [3.8, 4) is 5.75 Å². The highest BCUT2D eigenvalue weighted by Crippen LogP contribution is 2.23. The Kier molecular flexibility index (Phi) is 6.15. The van der Waals surface area contributed by atoms with Gasteiger partial charge in [0.1, 0.15) is 12.4 Å². The summed E-state index contributed by atoms with van der Waals surface area (Å²) in [5.74, 6) is 0.412. The normalized spacial score (nSPS) is 11.0. The minimum atomic E-state index is -0.199. The van der Waals surface area contributed by atoms with Gasteiger partial charge in [0.05, 0.1) is 5.69 Å². The van der Waals surface area contributed by atoms with Gasteiger partial charge in [-0.2, -0.15) is 0 Å². The van der Waals surface area contributed by atoms with E-state index in [1.54, 1.807) is 29.2 Å². The largest absolute Gasteiger partial charge is 0.483 e.